The van der Waals surface area contributed by atoms with Crippen molar-refractivity contribution in [3.8, 4) is 22.9 Å². The maximum Gasteiger partial charge on any atom is 0.267 e. The molecule has 0 saturated carbocycles. The van der Waals surface area contributed by atoms with E-state index in [0.29, 0.717) is 50.4 Å². The van der Waals surface area contributed by atoms with Gasteiger partial charge in [-0.15, -0.1) is 11.3 Å². The molecule has 39 heavy (non-hydrogen) atoms. The minimum absolute atomic E-state index is 0.00967. The highest BCUT2D eigenvalue weighted by atomic mass is 32.2. The summed E-state index contributed by atoms with van der Waals surface area (Å²) in [5.74, 6) is 0.723. The number of aryl methyl sites for hydroxylation is 2. The molecule has 5 rings (SSSR count). The summed E-state index contributed by atoms with van der Waals surface area (Å²) >= 11 is 2.75. The maximum atomic E-state index is 13.8. The van der Waals surface area contributed by atoms with Gasteiger partial charge in [-0.1, -0.05) is 11.8 Å². The van der Waals surface area contributed by atoms with Crippen LogP contribution < -0.4 is 20.5 Å². The average Bonchev–Trinajstić information content (AvgIpc) is 3.53. The van der Waals surface area contributed by atoms with E-state index in [-0.39, 0.29) is 23.0 Å². The molecule has 2 N–H and O–H groups in total. The molecule has 2 aromatic heterocycles. The van der Waals surface area contributed by atoms with Crippen molar-refractivity contribution in [2.24, 2.45) is 5.10 Å². The molecule has 202 valence electrons. The number of aromatic hydroxyl groups is 1. The van der Waals surface area contributed by atoms with Crippen LogP contribution in [0.4, 0.5) is 0 Å². The number of hydrogen-bond donors (Lipinski definition) is 2. The van der Waals surface area contributed by atoms with Gasteiger partial charge in [0.05, 0.1) is 36.3 Å². The fourth-order valence-corrected chi connectivity index (χ4v) is 6.59. The largest absolute Gasteiger partial charge is 0.504 e. The van der Waals surface area contributed by atoms with Crippen molar-refractivity contribution in [3.63, 3.8) is 0 Å². The summed E-state index contributed by atoms with van der Waals surface area (Å²) in [5.41, 5.74) is 5.45. The first-order valence-electron chi connectivity index (χ1n) is 12.5. The Bertz CT molecular complexity index is 1630. The molecule has 4 aromatic rings. The fourth-order valence-electron chi connectivity index (χ4n) is 4.48. The zero-order valence-electron chi connectivity index (χ0n) is 21.8. The van der Waals surface area contributed by atoms with E-state index in [1.165, 1.54) is 29.8 Å². The fraction of sp³-hybridized carbons (Fsp3) is 0.286. The highest BCUT2D eigenvalue weighted by molar-refractivity contribution is 7.99. The summed E-state index contributed by atoms with van der Waals surface area (Å²) in [6.07, 6.45) is 2.90. The van der Waals surface area contributed by atoms with Gasteiger partial charge in [0, 0.05) is 10.4 Å². The molecule has 1 aliphatic carbocycles. The SMILES string of the molecule is CCOc1ccc(-n2c(SCC(=O)NN=C(C)c3ccc(O)c(OC)c3)nc3sc4c(c3c2=O)CCC4)cc1. The third kappa shape index (κ3) is 5.50. The quantitative estimate of drug-likeness (QED) is 0.131. The van der Waals surface area contributed by atoms with Crippen molar-refractivity contribution in [1.82, 2.24) is 15.0 Å². The lowest BCUT2D eigenvalue weighted by atomic mass is 10.1. The molecule has 0 fully saturated rings. The lowest BCUT2D eigenvalue weighted by Crippen LogP contribution is -2.24. The Hall–Kier alpha value is -3.83. The number of hydrazone groups is 1. The molecule has 2 heterocycles. The molecule has 11 heteroatoms. The number of hydrogen-bond acceptors (Lipinski definition) is 9. The first kappa shape index (κ1) is 26.8. The number of rotatable bonds is 9. The molecular weight excluding hydrogens is 536 g/mol. The van der Waals surface area contributed by atoms with Gasteiger partial charge in [-0.2, -0.15) is 5.10 Å². The molecule has 0 saturated heterocycles. The van der Waals surface area contributed by atoms with Crippen molar-refractivity contribution in [2.45, 2.75) is 38.3 Å². The van der Waals surface area contributed by atoms with Crippen LogP contribution in [0, 0.1) is 0 Å². The molecule has 0 aliphatic heterocycles. The maximum absolute atomic E-state index is 13.8. The molecule has 1 amide bonds. The van der Waals surface area contributed by atoms with Gasteiger partial charge >= 0.3 is 0 Å². The number of phenols is 1. The van der Waals surface area contributed by atoms with Gasteiger partial charge < -0.3 is 14.6 Å². The minimum atomic E-state index is -0.341. The molecule has 2 aromatic carbocycles. The lowest BCUT2D eigenvalue weighted by molar-refractivity contribution is -0.118. The third-order valence-corrected chi connectivity index (χ3v) is 8.52. The van der Waals surface area contributed by atoms with Crippen LogP contribution in [-0.2, 0) is 17.6 Å². The van der Waals surface area contributed by atoms with Crippen LogP contribution in [0.1, 0.15) is 36.3 Å². The zero-order valence-corrected chi connectivity index (χ0v) is 23.4. The normalized spacial score (nSPS) is 12.9. The van der Waals surface area contributed by atoms with Crippen LogP contribution in [0.15, 0.2) is 57.5 Å². The summed E-state index contributed by atoms with van der Waals surface area (Å²) < 4.78 is 12.3. The highest BCUT2D eigenvalue weighted by Gasteiger charge is 2.24. The monoisotopic (exact) mass is 564 g/mol. The van der Waals surface area contributed by atoms with Crippen molar-refractivity contribution in [3.05, 3.63) is 68.8 Å². The van der Waals surface area contributed by atoms with Gasteiger partial charge in [0.25, 0.3) is 11.5 Å². The molecule has 0 unspecified atom stereocenters. The van der Waals surface area contributed by atoms with Gasteiger partial charge in [-0.3, -0.25) is 14.2 Å². The number of benzene rings is 2. The zero-order chi connectivity index (χ0) is 27.5. The van der Waals surface area contributed by atoms with Gasteiger partial charge in [-0.25, -0.2) is 10.4 Å². The first-order valence-corrected chi connectivity index (χ1v) is 14.3. The Morgan fingerprint density at radius 1 is 1.23 bits per heavy atom. The van der Waals surface area contributed by atoms with Crippen molar-refractivity contribution in [1.29, 1.82) is 0 Å². The molecule has 0 bridgehead atoms. The van der Waals surface area contributed by atoms with Crippen LogP contribution in [0.5, 0.6) is 17.2 Å². The van der Waals surface area contributed by atoms with Crippen LogP contribution >= 0.6 is 23.1 Å². The summed E-state index contributed by atoms with van der Waals surface area (Å²) in [4.78, 5) is 33.3. The molecule has 0 atom stereocenters. The van der Waals surface area contributed by atoms with E-state index in [4.69, 9.17) is 14.5 Å². The van der Waals surface area contributed by atoms with E-state index in [1.54, 1.807) is 35.0 Å². The van der Waals surface area contributed by atoms with E-state index in [9.17, 15) is 14.7 Å². The second kappa shape index (κ2) is 11.5. The Morgan fingerprint density at radius 2 is 2.03 bits per heavy atom. The van der Waals surface area contributed by atoms with Gasteiger partial charge in [0.2, 0.25) is 0 Å². The van der Waals surface area contributed by atoms with Crippen molar-refractivity contribution < 1.29 is 19.4 Å². The standard InChI is InChI=1S/C28H28N4O5S2/c1-4-37-19-11-9-18(10-12-19)32-27(35)25-20-6-5-7-23(20)39-26(25)29-28(32)38-15-24(34)31-30-16(2)17-8-13-21(33)22(14-17)36-3/h8-14,33H,4-7,15H2,1-3H3,(H,31,34). The predicted octanol–water partition coefficient (Wildman–Crippen LogP) is 4.68. The average molecular weight is 565 g/mol. The number of thiophene rings is 1. The van der Waals surface area contributed by atoms with Crippen molar-refractivity contribution in [2.75, 3.05) is 19.5 Å². The highest BCUT2D eigenvalue weighted by Crippen LogP contribution is 2.36. The van der Waals surface area contributed by atoms with Gasteiger partial charge in [0.15, 0.2) is 16.7 Å². The first-order chi connectivity index (χ1) is 18.9. The molecule has 1 aliphatic rings. The molecule has 9 nitrogen and oxygen atoms in total. The summed E-state index contributed by atoms with van der Waals surface area (Å²) in [6, 6.07) is 12.1. The van der Waals surface area contributed by atoms with E-state index in [1.807, 2.05) is 31.2 Å². The number of aromatic nitrogens is 2. The number of nitrogens with one attached hydrogen (secondary N) is 1. The number of phenolic OH excluding ortho intramolecular Hbond substituents is 1. The van der Waals surface area contributed by atoms with E-state index >= 15 is 0 Å². The summed E-state index contributed by atoms with van der Waals surface area (Å²) in [7, 11) is 1.46. The van der Waals surface area contributed by atoms with E-state index in [0.717, 1.165) is 24.8 Å². The van der Waals surface area contributed by atoms with Crippen LogP contribution in [0.2, 0.25) is 0 Å². The number of methoxy groups -OCH3 is 1. The second-order valence-corrected chi connectivity index (χ2v) is 10.9. The number of nitrogens with zero attached hydrogens (tertiary/aromatic N) is 3. The second-order valence-electron chi connectivity index (χ2n) is 8.91. The van der Waals surface area contributed by atoms with E-state index < -0.39 is 0 Å². The van der Waals surface area contributed by atoms with Gasteiger partial charge in [-0.05, 0) is 81.1 Å². The van der Waals surface area contributed by atoms with Crippen molar-refractivity contribution >= 4 is 44.9 Å². The molecule has 0 radical (unpaired) electrons. The Morgan fingerprint density at radius 3 is 2.77 bits per heavy atom. The number of amides is 1. The van der Waals surface area contributed by atoms with E-state index in [2.05, 4.69) is 10.5 Å². The summed E-state index contributed by atoms with van der Waals surface area (Å²) in [5, 5.41) is 15.1. The predicted molar refractivity (Wildman–Crippen MR) is 154 cm³/mol. The lowest BCUT2D eigenvalue weighted by Gasteiger charge is -2.13. The number of carbonyl (C=O) groups is 1. The van der Waals surface area contributed by atoms with Crippen LogP contribution in [-0.4, -0.2) is 45.7 Å². The summed E-state index contributed by atoms with van der Waals surface area (Å²) in [6.45, 7) is 4.21. The Balaban J connectivity index is 1.40. The topological polar surface area (TPSA) is 115 Å². The van der Waals surface area contributed by atoms with Gasteiger partial charge in [0.1, 0.15) is 10.6 Å². The smallest absolute Gasteiger partial charge is 0.267 e. The Labute approximate surface area is 233 Å². The third-order valence-electron chi connectivity index (χ3n) is 6.39. The Kier molecular flexibility index (Phi) is 7.89. The van der Waals surface area contributed by atoms with Crippen LogP contribution in [0.25, 0.3) is 15.9 Å². The molecular formula is C28H28N4O5S2. The minimum Gasteiger partial charge on any atom is -0.504 e. The number of fused-ring (bicyclic) bond motifs is 3. The molecule has 0 spiro atoms. The number of thioether (sulfide) groups is 1. The van der Waals surface area contributed by atoms with Crippen LogP contribution in [0.3, 0.4) is 0 Å². The number of carbonyl (C=O) groups excluding carboxylic acids is 1. The number of ether oxygens (including phenoxy) is 2.